The monoisotopic (exact) mass is 485 g/mol. The van der Waals surface area contributed by atoms with Crippen LogP contribution in [0, 0.1) is 0 Å². The second-order valence-electron chi connectivity index (χ2n) is 9.86. The quantitative estimate of drug-likeness (QED) is 0.256. The van der Waals surface area contributed by atoms with E-state index in [2.05, 4.69) is 163 Å². The van der Waals surface area contributed by atoms with Gasteiger partial charge < -0.3 is 5.32 Å². The van der Waals surface area contributed by atoms with Crippen molar-refractivity contribution >= 4 is 11.4 Å². The predicted octanol–water partition coefficient (Wildman–Crippen LogP) is 9.46. The minimum absolute atomic E-state index is 0.386. The molecule has 1 N–H and O–H groups in total. The fourth-order valence-corrected chi connectivity index (χ4v) is 6.09. The molecule has 0 spiro atoms. The molecule has 0 atom stereocenters. The lowest BCUT2D eigenvalue weighted by atomic mass is 9.67. The Morgan fingerprint density at radius 2 is 0.895 bits per heavy atom. The van der Waals surface area contributed by atoms with Crippen LogP contribution in [0.2, 0.25) is 0 Å². The molecule has 0 fully saturated rings. The maximum atomic E-state index is 3.66. The van der Waals surface area contributed by atoms with Crippen LogP contribution in [0.1, 0.15) is 22.3 Å². The highest BCUT2D eigenvalue weighted by atomic mass is 14.9. The minimum Gasteiger partial charge on any atom is -0.356 e. The zero-order chi connectivity index (χ0) is 25.4. The molecule has 0 bridgehead atoms. The van der Waals surface area contributed by atoms with E-state index in [4.69, 9.17) is 0 Å². The molecule has 180 valence electrons. The van der Waals surface area contributed by atoms with E-state index in [1.807, 2.05) is 0 Å². The van der Waals surface area contributed by atoms with Gasteiger partial charge in [-0.3, -0.25) is 0 Å². The Morgan fingerprint density at radius 3 is 1.55 bits per heavy atom. The molecule has 0 aromatic heterocycles. The van der Waals surface area contributed by atoms with Gasteiger partial charge in [0, 0.05) is 11.4 Å². The average molecular weight is 486 g/mol. The van der Waals surface area contributed by atoms with Crippen molar-refractivity contribution in [1.29, 1.82) is 0 Å². The Morgan fingerprint density at radius 1 is 0.368 bits per heavy atom. The van der Waals surface area contributed by atoms with E-state index in [0.717, 1.165) is 11.4 Å². The van der Waals surface area contributed by atoms with Crippen LogP contribution < -0.4 is 5.32 Å². The van der Waals surface area contributed by atoms with Crippen LogP contribution >= 0.6 is 0 Å². The summed E-state index contributed by atoms with van der Waals surface area (Å²) in [6, 6.07) is 56.7. The molecule has 1 nitrogen and oxygen atoms in total. The molecule has 0 saturated carbocycles. The van der Waals surface area contributed by atoms with Crippen LogP contribution in [0.4, 0.5) is 11.4 Å². The summed E-state index contributed by atoms with van der Waals surface area (Å²) >= 11 is 0. The molecule has 0 amide bonds. The van der Waals surface area contributed by atoms with Crippen molar-refractivity contribution in [2.75, 3.05) is 5.32 Å². The van der Waals surface area contributed by atoms with E-state index in [1.54, 1.807) is 0 Å². The molecule has 0 radical (unpaired) electrons. The molecule has 6 aromatic rings. The Bertz CT molecular complexity index is 1670. The molecule has 1 aliphatic carbocycles. The number of hydrogen-bond acceptors (Lipinski definition) is 1. The van der Waals surface area contributed by atoms with Crippen molar-refractivity contribution in [3.8, 4) is 22.3 Å². The lowest BCUT2D eigenvalue weighted by molar-refractivity contribution is 0.769. The van der Waals surface area contributed by atoms with Gasteiger partial charge in [0.1, 0.15) is 0 Å². The van der Waals surface area contributed by atoms with Gasteiger partial charge in [-0.25, -0.2) is 0 Å². The molecule has 6 aromatic carbocycles. The zero-order valence-corrected chi connectivity index (χ0v) is 21.0. The molecule has 7 rings (SSSR count). The van der Waals surface area contributed by atoms with Crippen LogP contribution in [0.15, 0.2) is 158 Å². The maximum Gasteiger partial charge on any atom is 0.0714 e. The molecule has 38 heavy (non-hydrogen) atoms. The number of hydrogen-bond donors (Lipinski definition) is 1. The van der Waals surface area contributed by atoms with Gasteiger partial charge in [-0.05, 0) is 68.8 Å². The van der Waals surface area contributed by atoms with E-state index in [-0.39, 0.29) is 5.41 Å². The van der Waals surface area contributed by atoms with Crippen molar-refractivity contribution < 1.29 is 0 Å². The highest BCUT2D eigenvalue weighted by Gasteiger charge is 2.45. The fourth-order valence-electron chi connectivity index (χ4n) is 6.09. The standard InChI is InChI=1S/C37H27N/c1-3-12-27(13-4-1)28-22-24-31(25-23-28)38-32-17-11-16-30(26-32)37(29-14-5-2-6-15-29)35-20-9-7-18-33(35)34-19-8-10-21-36(34)37/h1-26,38H. The van der Waals surface area contributed by atoms with Crippen molar-refractivity contribution in [3.63, 3.8) is 0 Å². The number of rotatable bonds is 5. The normalized spacial score (nSPS) is 12.9. The third kappa shape index (κ3) is 3.55. The number of nitrogens with one attached hydrogen (secondary N) is 1. The summed E-state index contributed by atoms with van der Waals surface area (Å²) in [5.74, 6) is 0. The van der Waals surface area contributed by atoms with Crippen LogP contribution in [0.25, 0.3) is 22.3 Å². The van der Waals surface area contributed by atoms with Gasteiger partial charge in [0.25, 0.3) is 0 Å². The largest absolute Gasteiger partial charge is 0.356 e. The topological polar surface area (TPSA) is 12.0 Å². The van der Waals surface area contributed by atoms with E-state index in [9.17, 15) is 0 Å². The fraction of sp³-hybridized carbons (Fsp3) is 0.0270. The van der Waals surface area contributed by atoms with Gasteiger partial charge in [0.2, 0.25) is 0 Å². The third-order valence-corrected chi connectivity index (χ3v) is 7.74. The first kappa shape index (κ1) is 22.3. The van der Waals surface area contributed by atoms with Crippen molar-refractivity contribution in [1.82, 2.24) is 0 Å². The number of benzene rings is 6. The van der Waals surface area contributed by atoms with Gasteiger partial charge >= 0.3 is 0 Å². The highest BCUT2D eigenvalue weighted by molar-refractivity contribution is 5.86. The van der Waals surface area contributed by atoms with Crippen LogP contribution in [-0.2, 0) is 5.41 Å². The molecule has 0 unspecified atom stereocenters. The van der Waals surface area contributed by atoms with Crippen LogP contribution in [0.3, 0.4) is 0 Å². The smallest absolute Gasteiger partial charge is 0.0714 e. The summed E-state index contributed by atoms with van der Waals surface area (Å²) in [5, 5.41) is 3.66. The van der Waals surface area contributed by atoms with E-state index in [0.29, 0.717) is 0 Å². The van der Waals surface area contributed by atoms with Gasteiger partial charge in [-0.1, -0.05) is 133 Å². The van der Waals surface area contributed by atoms with Gasteiger partial charge in [0.05, 0.1) is 5.41 Å². The van der Waals surface area contributed by atoms with E-state index in [1.165, 1.54) is 44.5 Å². The second kappa shape index (κ2) is 9.21. The SMILES string of the molecule is c1ccc(-c2ccc(Nc3cccc(C4(c5ccccc5)c5ccccc5-c5ccccc54)c3)cc2)cc1. The molecule has 1 heteroatoms. The Labute approximate surface area is 224 Å². The molecule has 0 heterocycles. The Hall–Kier alpha value is -4.88. The molecular weight excluding hydrogens is 458 g/mol. The first-order valence-corrected chi connectivity index (χ1v) is 13.1. The average Bonchev–Trinajstić information content (AvgIpc) is 3.30. The van der Waals surface area contributed by atoms with Gasteiger partial charge in [-0.15, -0.1) is 0 Å². The maximum absolute atomic E-state index is 3.66. The van der Waals surface area contributed by atoms with E-state index < -0.39 is 0 Å². The summed E-state index contributed by atoms with van der Waals surface area (Å²) in [6.45, 7) is 0. The van der Waals surface area contributed by atoms with Crippen molar-refractivity contribution in [2.24, 2.45) is 0 Å². The lowest BCUT2D eigenvalue weighted by Gasteiger charge is -2.34. The number of anilines is 2. The molecule has 0 aliphatic heterocycles. The van der Waals surface area contributed by atoms with Crippen molar-refractivity contribution in [3.05, 3.63) is 180 Å². The summed E-state index contributed by atoms with van der Waals surface area (Å²) in [4.78, 5) is 0. The van der Waals surface area contributed by atoms with Gasteiger partial charge in [0.15, 0.2) is 0 Å². The first-order chi connectivity index (χ1) is 18.8. The summed E-state index contributed by atoms with van der Waals surface area (Å²) in [5.41, 5.74) is 12.0. The highest BCUT2D eigenvalue weighted by Crippen LogP contribution is 2.56. The lowest BCUT2D eigenvalue weighted by Crippen LogP contribution is -2.28. The Balaban J connectivity index is 1.34. The van der Waals surface area contributed by atoms with Crippen molar-refractivity contribution in [2.45, 2.75) is 5.41 Å². The first-order valence-electron chi connectivity index (χ1n) is 13.1. The van der Waals surface area contributed by atoms with Crippen LogP contribution in [0.5, 0.6) is 0 Å². The van der Waals surface area contributed by atoms with Gasteiger partial charge in [-0.2, -0.15) is 0 Å². The molecule has 0 saturated heterocycles. The second-order valence-corrected chi connectivity index (χ2v) is 9.86. The molecule has 1 aliphatic rings. The summed E-state index contributed by atoms with van der Waals surface area (Å²) < 4.78 is 0. The third-order valence-electron chi connectivity index (χ3n) is 7.74. The zero-order valence-electron chi connectivity index (χ0n) is 21.0. The number of fused-ring (bicyclic) bond motifs is 3. The van der Waals surface area contributed by atoms with E-state index >= 15 is 0 Å². The molecular formula is C37H27N. The minimum atomic E-state index is -0.386. The van der Waals surface area contributed by atoms with Crippen LogP contribution in [-0.4, -0.2) is 0 Å². The Kier molecular flexibility index (Phi) is 5.41. The predicted molar refractivity (Wildman–Crippen MR) is 159 cm³/mol. The summed E-state index contributed by atoms with van der Waals surface area (Å²) in [6.07, 6.45) is 0. The summed E-state index contributed by atoms with van der Waals surface area (Å²) in [7, 11) is 0.